The lowest BCUT2D eigenvalue weighted by Gasteiger charge is -2.06. The third-order valence-electron chi connectivity index (χ3n) is 3.51. The molecule has 2 atom stereocenters. The molecule has 0 aromatic heterocycles. The number of anilines is 1. The van der Waals surface area contributed by atoms with E-state index in [1.54, 1.807) is 0 Å². The van der Waals surface area contributed by atoms with Crippen LogP contribution in [0.1, 0.15) is 12.0 Å². The van der Waals surface area contributed by atoms with Gasteiger partial charge in [0.05, 0.1) is 5.41 Å². The fourth-order valence-corrected chi connectivity index (χ4v) is 2.95. The van der Waals surface area contributed by atoms with Gasteiger partial charge in [0.2, 0.25) is 5.91 Å². The zero-order valence-corrected chi connectivity index (χ0v) is 9.67. The molecule has 1 heterocycles. The predicted molar refractivity (Wildman–Crippen MR) is 61.6 cm³/mol. The van der Waals surface area contributed by atoms with Crippen molar-refractivity contribution in [2.24, 2.45) is 11.7 Å². The third-order valence-corrected chi connectivity index (χ3v) is 4.00. The van der Waals surface area contributed by atoms with Crippen molar-refractivity contribution < 1.29 is 4.79 Å². The average molecular weight is 267 g/mol. The summed E-state index contributed by atoms with van der Waals surface area (Å²) in [5.41, 5.74) is 7.40. The molecule has 2 aliphatic rings. The fourth-order valence-electron chi connectivity index (χ4n) is 2.59. The first-order chi connectivity index (χ1) is 7.18. The standard InChI is InChI=1S/C11H11BrN2O/c12-7-1-2-8-9(3-7)14-10(15)11(8)4-6(11)5-13/h1-3,6H,4-5,13H2,(H,14,15). The Labute approximate surface area is 96.2 Å². The minimum absolute atomic E-state index is 0.117. The number of nitrogens with two attached hydrogens (primary N) is 1. The molecule has 1 aliphatic heterocycles. The van der Waals surface area contributed by atoms with Crippen molar-refractivity contribution in [3.05, 3.63) is 28.2 Å². The number of nitrogens with one attached hydrogen (secondary N) is 1. The van der Waals surface area contributed by atoms with Gasteiger partial charge < -0.3 is 11.1 Å². The number of fused-ring (bicyclic) bond motifs is 2. The predicted octanol–water partition coefficient (Wildman–Crippen LogP) is 1.62. The highest BCUT2D eigenvalue weighted by Crippen LogP contribution is 2.59. The summed E-state index contributed by atoms with van der Waals surface area (Å²) in [5.74, 6) is 0.436. The molecule has 1 aromatic carbocycles. The van der Waals surface area contributed by atoms with Crippen molar-refractivity contribution in [3.8, 4) is 0 Å². The van der Waals surface area contributed by atoms with Crippen LogP contribution in [-0.4, -0.2) is 12.5 Å². The van der Waals surface area contributed by atoms with E-state index in [1.807, 2.05) is 18.2 Å². The van der Waals surface area contributed by atoms with E-state index in [9.17, 15) is 4.79 Å². The molecular formula is C11H11BrN2O. The number of halogens is 1. The first-order valence-corrected chi connectivity index (χ1v) is 5.79. The zero-order chi connectivity index (χ0) is 10.6. The van der Waals surface area contributed by atoms with Gasteiger partial charge in [-0.1, -0.05) is 22.0 Å². The molecule has 15 heavy (non-hydrogen) atoms. The Morgan fingerprint density at radius 1 is 1.60 bits per heavy atom. The normalized spacial score (nSPS) is 31.6. The fraction of sp³-hybridized carbons (Fsp3) is 0.364. The van der Waals surface area contributed by atoms with E-state index in [1.165, 1.54) is 0 Å². The summed E-state index contributed by atoms with van der Waals surface area (Å²) in [6.45, 7) is 0.586. The number of carbonyl (C=O) groups excluding carboxylic acids is 1. The number of benzene rings is 1. The van der Waals surface area contributed by atoms with Crippen LogP contribution in [0, 0.1) is 5.92 Å². The Kier molecular flexibility index (Phi) is 1.77. The molecule has 3 rings (SSSR count). The summed E-state index contributed by atoms with van der Waals surface area (Å²) >= 11 is 3.40. The lowest BCUT2D eigenvalue weighted by Crippen LogP contribution is -2.23. The summed E-state index contributed by atoms with van der Waals surface area (Å²) in [4.78, 5) is 11.9. The van der Waals surface area contributed by atoms with Crippen LogP contribution in [0.3, 0.4) is 0 Å². The Bertz CT molecular complexity index is 460. The molecule has 1 saturated carbocycles. The third kappa shape index (κ3) is 1.06. The molecule has 3 N–H and O–H groups in total. The Balaban J connectivity index is 2.12. The van der Waals surface area contributed by atoms with Gasteiger partial charge in [0.1, 0.15) is 0 Å². The topological polar surface area (TPSA) is 55.1 Å². The van der Waals surface area contributed by atoms with E-state index in [-0.39, 0.29) is 11.3 Å². The van der Waals surface area contributed by atoms with E-state index in [4.69, 9.17) is 5.73 Å². The van der Waals surface area contributed by atoms with Crippen LogP contribution in [0.4, 0.5) is 5.69 Å². The van der Waals surface area contributed by atoms with Crippen LogP contribution >= 0.6 is 15.9 Å². The van der Waals surface area contributed by atoms with Crippen molar-refractivity contribution in [2.45, 2.75) is 11.8 Å². The monoisotopic (exact) mass is 266 g/mol. The highest BCUT2D eigenvalue weighted by atomic mass is 79.9. The molecule has 1 aliphatic carbocycles. The summed E-state index contributed by atoms with van der Waals surface area (Å²) in [7, 11) is 0. The van der Waals surface area contributed by atoms with Crippen LogP contribution < -0.4 is 11.1 Å². The highest BCUT2D eigenvalue weighted by molar-refractivity contribution is 9.10. The molecule has 2 unspecified atom stereocenters. The molecule has 1 amide bonds. The maximum Gasteiger partial charge on any atom is 0.235 e. The molecule has 1 aromatic rings. The summed E-state index contributed by atoms with van der Waals surface area (Å²) in [6, 6.07) is 5.95. The smallest absolute Gasteiger partial charge is 0.235 e. The van der Waals surface area contributed by atoms with Crippen molar-refractivity contribution >= 4 is 27.5 Å². The second kappa shape index (κ2) is 2.83. The number of rotatable bonds is 1. The van der Waals surface area contributed by atoms with Crippen molar-refractivity contribution in [1.82, 2.24) is 0 Å². The molecule has 3 nitrogen and oxygen atoms in total. The number of hydrogen-bond acceptors (Lipinski definition) is 2. The van der Waals surface area contributed by atoms with E-state index in [2.05, 4.69) is 21.2 Å². The van der Waals surface area contributed by atoms with Gasteiger partial charge >= 0.3 is 0 Å². The summed E-state index contributed by atoms with van der Waals surface area (Å²) < 4.78 is 0.989. The minimum Gasteiger partial charge on any atom is -0.330 e. The molecule has 4 heteroatoms. The first-order valence-electron chi connectivity index (χ1n) is 5.00. The maximum absolute atomic E-state index is 11.9. The van der Waals surface area contributed by atoms with E-state index in [0.29, 0.717) is 12.5 Å². The lowest BCUT2D eigenvalue weighted by atomic mass is 9.95. The van der Waals surface area contributed by atoms with Gasteiger partial charge in [0.15, 0.2) is 0 Å². The van der Waals surface area contributed by atoms with Crippen LogP contribution in [0.25, 0.3) is 0 Å². The molecule has 1 spiro atoms. The van der Waals surface area contributed by atoms with E-state index >= 15 is 0 Å². The van der Waals surface area contributed by atoms with E-state index in [0.717, 1.165) is 22.1 Å². The Morgan fingerprint density at radius 3 is 3.07 bits per heavy atom. The number of hydrogen-bond donors (Lipinski definition) is 2. The molecule has 0 saturated heterocycles. The molecule has 1 fully saturated rings. The average Bonchev–Trinajstić information content (AvgIpc) is 2.86. The largest absolute Gasteiger partial charge is 0.330 e. The summed E-state index contributed by atoms with van der Waals surface area (Å²) in [6.07, 6.45) is 0.893. The first kappa shape index (κ1) is 9.36. The highest BCUT2D eigenvalue weighted by Gasteiger charge is 2.63. The van der Waals surface area contributed by atoms with Crippen molar-refractivity contribution in [3.63, 3.8) is 0 Å². The molecule has 0 bridgehead atoms. The van der Waals surface area contributed by atoms with Crippen molar-refractivity contribution in [2.75, 3.05) is 11.9 Å². The van der Waals surface area contributed by atoms with Gasteiger partial charge in [-0.3, -0.25) is 4.79 Å². The second-order valence-electron chi connectivity index (χ2n) is 4.25. The van der Waals surface area contributed by atoms with Crippen LogP contribution in [0.5, 0.6) is 0 Å². The minimum atomic E-state index is -0.301. The van der Waals surface area contributed by atoms with Gasteiger partial charge in [-0.2, -0.15) is 0 Å². The van der Waals surface area contributed by atoms with Gasteiger partial charge in [-0.25, -0.2) is 0 Å². The van der Waals surface area contributed by atoms with Crippen LogP contribution in [0.2, 0.25) is 0 Å². The second-order valence-corrected chi connectivity index (χ2v) is 5.17. The van der Waals surface area contributed by atoms with Crippen LogP contribution in [-0.2, 0) is 10.2 Å². The van der Waals surface area contributed by atoms with Gasteiger partial charge in [-0.15, -0.1) is 0 Å². The van der Waals surface area contributed by atoms with Crippen molar-refractivity contribution in [1.29, 1.82) is 0 Å². The lowest BCUT2D eigenvalue weighted by molar-refractivity contribution is -0.118. The molecular weight excluding hydrogens is 256 g/mol. The molecule has 78 valence electrons. The SMILES string of the molecule is NCC1CC12C(=O)Nc1cc(Br)ccc12. The van der Waals surface area contributed by atoms with Gasteiger partial charge in [0.25, 0.3) is 0 Å². The number of amides is 1. The van der Waals surface area contributed by atoms with Gasteiger partial charge in [0, 0.05) is 10.2 Å². The maximum atomic E-state index is 11.9. The molecule has 0 radical (unpaired) electrons. The number of carbonyl (C=O) groups is 1. The summed E-state index contributed by atoms with van der Waals surface area (Å²) in [5, 5.41) is 2.93. The van der Waals surface area contributed by atoms with Crippen LogP contribution in [0.15, 0.2) is 22.7 Å². The zero-order valence-electron chi connectivity index (χ0n) is 8.09. The van der Waals surface area contributed by atoms with Gasteiger partial charge in [-0.05, 0) is 36.6 Å². The quantitative estimate of drug-likeness (QED) is 0.812. The Morgan fingerprint density at radius 2 is 2.40 bits per heavy atom. The Hall–Kier alpha value is -0.870. The van der Waals surface area contributed by atoms with E-state index < -0.39 is 0 Å².